The van der Waals surface area contributed by atoms with E-state index in [9.17, 15) is 16.8 Å². The Balaban J connectivity index is 0.000000260. The Bertz CT molecular complexity index is 860. The summed E-state index contributed by atoms with van der Waals surface area (Å²) in [6.45, 7) is 7.15. The molecule has 0 amide bonds. The van der Waals surface area contributed by atoms with Gasteiger partial charge in [-0.05, 0) is 35.4 Å². The third-order valence-electron chi connectivity index (χ3n) is 2.73. The largest absolute Gasteiger partial charge is 0.383 e. The van der Waals surface area contributed by atoms with Crippen molar-refractivity contribution >= 4 is 32.4 Å². The highest BCUT2D eigenvalue weighted by Crippen LogP contribution is 2.15. The molecule has 0 aliphatic carbocycles. The van der Waals surface area contributed by atoms with Crippen LogP contribution in [0.25, 0.3) is 12.2 Å². The zero-order valence-electron chi connectivity index (χ0n) is 14.5. The predicted octanol–water partition coefficient (Wildman–Crippen LogP) is 3.34. The van der Waals surface area contributed by atoms with Crippen LogP contribution < -0.4 is 8.37 Å². The molecule has 0 radical (unpaired) electrons. The lowest BCUT2D eigenvalue weighted by Gasteiger charge is -2.01. The van der Waals surface area contributed by atoms with E-state index < -0.39 is 20.2 Å². The second-order valence-electron chi connectivity index (χ2n) is 5.12. The Kier molecular flexibility index (Phi) is 7.60. The smallest absolute Gasteiger partial charge is 0.306 e. The Morgan fingerprint density at radius 1 is 0.654 bits per heavy atom. The quantitative estimate of drug-likeness (QED) is 0.696. The molecule has 140 valence electrons. The predicted molar refractivity (Wildman–Crippen MR) is 104 cm³/mol. The van der Waals surface area contributed by atoms with Gasteiger partial charge in [0.2, 0.25) is 0 Å². The van der Waals surface area contributed by atoms with E-state index in [0.29, 0.717) is 11.5 Å². The van der Waals surface area contributed by atoms with Crippen molar-refractivity contribution in [3.63, 3.8) is 0 Å². The molecule has 0 aromatic heterocycles. The standard InChI is InChI=1S/2C9H10O3S/c2*1-3-8-4-6-9(7-5-8)12-13(2,10)11/h2*3-7H,1H2,2H3. The number of hydrogen-bond acceptors (Lipinski definition) is 6. The molecule has 0 saturated heterocycles. The van der Waals surface area contributed by atoms with Crippen molar-refractivity contribution < 1.29 is 25.2 Å². The van der Waals surface area contributed by atoms with Gasteiger partial charge in [0.05, 0.1) is 12.5 Å². The summed E-state index contributed by atoms with van der Waals surface area (Å²) in [6.07, 6.45) is 5.36. The second kappa shape index (κ2) is 9.21. The average molecular weight is 396 g/mol. The highest BCUT2D eigenvalue weighted by atomic mass is 32.2. The number of rotatable bonds is 6. The Labute approximate surface area is 154 Å². The lowest BCUT2D eigenvalue weighted by atomic mass is 10.2. The first-order chi connectivity index (χ1) is 12.0. The number of benzene rings is 2. The minimum atomic E-state index is -3.42. The van der Waals surface area contributed by atoms with Crippen LogP contribution in [-0.2, 0) is 20.2 Å². The van der Waals surface area contributed by atoms with Crippen molar-refractivity contribution in [1.29, 1.82) is 0 Å². The van der Waals surface area contributed by atoms with Crippen molar-refractivity contribution in [2.75, 3.05) is 12.5 Å². The maximum atomic E-state index is 10.7. The molecule has 0 spiro atoms. The molecular weight excluding hydrogens is 376 g/mol. The molecule has 0 N–H and O–H groups in total. The zero-order chi connectivity index (χ0) is 19.8. The van der Waals surface area contributed by atoms with Gasteiger partial charge in [-0.15, -0.1) is 0 Å². The van der Waals surface area contributed by atoms with Crippen molar-refractivity contribution in [3.8, 4) is 11.5 Å². The molecule has 26 heavy (non-hydrogen) atoms. The van der Waals surface area contributed by atoms with Crippen LogP contribution in [0, 0.1) is 0 Å². The van der Waals surface area contributed by atoms with Crippen LogP contribution in [0.2, 0.25) is 0 Å². The molecule has 0 unspecified atom stereocenters. The fourth-order valence-electron chi connectivity index (χ4n) is 1.67. The highest BCUT2D eigenvalue weighted by Gasteiger charge is 2.03. The van der Waals surface area contributed by atoms with Gasteiger partial charge in [0.1, 0.15) is 11.5 Å². The fourth-order valence-corrected chi connectivity index (χ4v) is 2.59. The zero-order valence-corrected chi connectivity index (χ0v) is 16.1. The van der Waals surface area contributed by atoms with E-state index in [2.05, 4.69) is 21.5 Å². The summed E-state index contributed by atoms with van der Waals surface area (Å²) in [6, 6.07) is 13.2. The van der Waals surface area contributed by atoms with Crippen LogP contribution in [-0.4, -0.2) is 29.3 Å². The summed E-state index contributed by atoms with van der Waals surface area (Å²) in [5.74, 6) is 0.626. The summed E-state index contributed by atoms with van der Waals surface area (Å²) >= 11 is 0. The molecule has 0 saturated carbocycles. The molecule has 2 aromatic rings. The van der Waals surface area contributed by atoms with E-state index in [1.807, 2.05) is 0 Å². The summed E-state index contributed by atoms with van der Waals surface area (Å²) < 4.78 is 52.1. The van der Waals surface area contributed by atoms with Crippen molar-refractivity contribution in [2.45, 2.75) is 0 Å². The van der Waals surface area contributed by atoms with Gasteiger partial charge < -0.3 is 8.37 Å². The maximum absolute atomic E-state index is 10.7. The molecule has 0 aliphatic rings. The first kappa shape index (κ1) is 21.5. The van der Waals surface area contributed by atoms with Gasteiger partial charge in [0.25, 0.3) is 0 Å². The third kappa shape index (κ3) is 9.05. The molecule has 0 bridgehead atoms. The topological polar surface area (TPSA) is 86.7 Å². The first-order valence-electron chi connectivity index (χ1n) is 7.26. The Morgan fingerprint density at radius 3 is 1.12 bits per heavy atom. The second-order valence-corrected chi connectivity index (χ2v) is 8.27. The normalized spacial score (nSPS) is 10.8. The third-order valence-corrected chi connectivity index (χ3v) is 3.72. The lowest BCUT2D eigenvalue weighted by molar-refractivity contribution is 0.491. The molecule has 0 fully saturated rings. The highest BCUT2D eigenvalue weighted by molar-refractivity contribution is 7.86. The molecule has 8 heteroatoms. The van der Waals surface area contributed by atoms with Gasteiger partial charge in [-0.2, -0.15) is 16.8 Å². The molecule has 2 rings (SSSR count). The fraction of sp³-hybridized carbons (Fsp3) is 0.111. The van der Waals surface area contributed by atoms with Crippen molar-refractivity contribution in [2.24, 2.45) is 0 Å². The van der Waals surface area contributed by atoms with E-state index in [-0.39, 0.29) is 0 Å². The van der Waals surface area contributed by atoms with Gasteiger partial charge in [-0.25, -0.2) is 0 Å². The van der Waals surface area contributed by atoms with Gasteiger partial charge in [0.15, 0.2) is 0 Å². The van der Waals surface area contributed by atoms with Crippen LogP contribution in [0.4, 0.5) is 0 Å². The SMILES string of the molecule is C=Cc1ccc(OS(C)(=O)=O)cc1.C=Cc1ccc(OS(C)(=O)=O)cc1. The van der Waals surface area contributed by atoms with Crippen LogP contribution in [0.15, 0.2) is 61.7 Å². The molecule has 6 nitrogen and oxygen atoms in total. The van der Waals surface area contributed by atoms with Gasteiger partial charge in [-0.1, -0.05) is 49.6 Å². The molecule has 0 heterocycles. The van der Waals surface area contributed by atoms with Crippen LogP contribution in [0.1, 0.15) is 11.1 Å². The Morgan fingerprint density at radius 2 is 0.923 bits per heavy atom. The summed E-state index contributed by atoms with van der Waals surface area (Å²) in [5, 5.41) is 0. The van der Waals surface area contributed by atoms with E-state index >= 15 is 0 Å². The van der Waals surface area contributed by atoms with E-state index in [4.69, 9.17) is 0 Å². The average Bonchev–Trinajstić information content (AvgIpc) is 2.54. The van der Waals surface area contributed by atoms with Gasteiger partial charge in [0, 0.05) is 0 Å². The molecule has 0 atom stereocenters. The summed E-state index contributed by atoms with van der Waals surface area (Å²) in [7, 11) is -6.85. The van der Waals surface area contributed by atoms with E-state index in [1.54, 1.807) is 60.7 Å². The van der Waals surface area contributed by atoms with Crippen molar-refractivity contribution in [3.05, 3.63) is 72.8 Å². The van der Waals surface area contributed by atoms with E-state index in [1.165, 1.54) is 0 Å². The minimum absolute atomic E-state index is 0.313. The van der Waals surface area contributed by atoms with Gasteiger partial charge >= 0.3 is 20.2 Å². The lowest BCUT2D eigenvalue weighted by Crippen LogP contribution is -2.05. The van der Waals surface area contributed by atoms with Crippen LogP contribution in [0.3, 0.4) is 0 Å². The monoisotopic (exact) mass is 396 g/mol. The van der Waals surface area contributed by atoms with Crippen LogP contribution >= 0.6 is 0 Å². The molecular formula is C18H20O6S2. The Hall–Kier alpha value is -2.58. The minimum Gasteiger partial charge on any atom is -0.383 e. The summed E-state index contributed by atoms with van der Waals surface area (Å²) in [5.41, 5.74) is 1.83. The maximum Gasteiger partial charge on any atom is 0.306 e. The van der Waals surface area contributed by atoms with Crippen molar-refractivity contribution in [1.82, 2.24) is 0 Å². The first-order valence-corrected chi connectivity index (χ1v) is 10.9. The summed E-state index contributed by atoms with van der Waals surface area (Å²) in [4.78, 5) is 0. The number of hydrogen-bond donors (Lipinski definition) is 0. The van der Waals surface area contributed by atoms with Crippen LogP contribution in [0.5, 0.6) is 11.5 Å². The van der Waals surface area contributed by atoms with Gasteiger partial charge in [-0.3, -0.25) is 0 Å². The molecule has 2 aromatic carbocycles. The molecule has 0 aliphatic heterocycles. The van der Waals surface area contributed by atoms with E-state index in [0.717, 1.165) is 23.6 Å².